The van der Waals surface area contributed by atoms with E-state index in [1.807, 2.05) is 43.3 Å². The fourth-order valence-electron chi connectivity index (χ4n) is 4.22. The highest BCUT2D eigenvalue weighted by atomic mass is 16.5. The lowest BCUT2D eigenvalue weighted by atomic mass is 10.0. The number of para-hydroxylation sites is 1. The van der Waals surface area contributed by atoms with Gasteiger partial charge in [0, 0.05) is 33.4 Å². The van der Waals surface area contributed by atoms with E-state index in [2.05, 4.69) is 18.9 Å². The average molecular weight is 441 g/mol. The zero-order chi connectivity index (χ0) is 23.1. The summed E-state index contributed by atoms with van der Waals surface area (Å²) >= 11 is 0. The lowest BCUT2D eigenvalue weighted by Crippen LogP contribution is -2.45. The molecule has 0 N–H and O–H groups in total. The monoisotopic (exact) mass is 440 g/mol. The highest BCUT2D eigenvalue weighted by Crippen LogP contribution is 2.23. The molecule has 0 spiro atoms. The van der Waals surface area contributed by atoms with Crippen molar-refractivity contribution in [1.82, 2.24) is 19.6 Å². The Kier molecular flexibility index (Phi) is 8.31. The Morgan fingerprint density at radius 1 is 1.12 bits per heavy atom. The number of ether oxygens (including phenoxy) is 1. The minimum Gasteiger partial charge on any atom is -0.491 e. The Hall–Kier alpha value is -2.83. The van der Waals surface area contributed by atoms with Gasteiger partial charge in [0.2, 0.25) is 0 Å². The summed E-state index contributed by atoms with van der Waals surface area (Å²) in [5, 5.41) is 4.19. The van der Waals surface area contributed by atoms with Gasteiger partial charge in [0.15, 0.2) is 0 Å². The van der Waals surface area contributed by atoms with Gasteiger partial charge in [-0.05, 0) is 37.3 Å². The van der Waals surface area contributed by atoms with Gasteiger partial charge in [-0.15, -0.1) is 0 Å². The molecular weight excluding hydrogens is 404 g/mol. The van der Waals surface area contributed by atoms with E-state index in [0.717, 1.165) is 32.1 Å². The number of aryl methyl sites for hydroxylation is 1. The molecule has 3 rings (SSSR count). The number of carbonyl (C=O) groups excluding carboxylic acids is 2. The van der Waals surface area contributed by atoms with E-state index in [9.17, 15) is 9.59 Å². The Balaban J connectivity index is 1.91. The lowest BCUT2D eigenvalue weighted by molar-refractivity contribution is 0.0567. The third-order valence-electron chi connectivity index (χ3n) is 5.93. The van der Waals surface area contributed by atoms with Crippen molar-refractivity contribution in [2.75, 3.05) is 26.7 Å². The quantitative estimate of drug-likeness (QED) is 0.723. The second-order valence-corrected chi connectivity index (χ2v) is 9.13. The molecule has 0 fully saturated rings. The summed E-state index contributed by atoms with van der Waals surface area (Å²) in [5.74, 6) is 0.934. The van der Waals surface area contributed by atoms with Gasteiger partial charge in [-0.1, -0.05) is 38.8 Å². The van der Waals surface area contributed by atoms with Crippen LogP contribution in [0.4, 0.5) is 0 Å². The first kappa shape index (κ1) is 23.8. The molecule has 7 heteroatoms. The topological polar surface area (TPSA) is 67.7 Å². The molecule has 174 valence electrons. The Morgan fingerprint density at radius 2 is 1.84 bits per heavy atom. The Labute approximate surface area is 191 Å². The van der Waals surface area contributed by atoms with Crippen molar-refractivity contribution in [2.24, 2.45) is 13.0 Å². The van der Waals surface area contributed by atoms with Crippen molar-refractivity contribution in [3.8, 4) is 5.75 Å². The van der Waals surface area contributed by atoms with Crippen LogP contribution in [0.1, 0.15) is 66.7 Å². The van der Waals surface area contributed by atoms with Gasteiger partial charge in [-0.2, -0.15) is 5.10 Å². The van der Waals surface area contributed by atoms with Crippen LogP contribution in [-0.2, 0) is 7.05 Å². The summed E-state index contributed by atoms with van der Waals surface area (Å²) in [7, 11) is 3.67. The molecule has 0 aliphatic carbocycles. The number of fused-ring (bicyclic) bond motifs is 1. The molecular formula is C25H36N4O3. The van der Waals surface area contributed by atoms with E-state index < -0.39 is 0 Å². The molecule has 1 aromatic heterocycles. The van der Waals surface area contributed by atoms with Gasteiger partial charge in [-0.25, -0.2) is 0 Å². The van der Waals surface area contributed by atoms with Crippen LogP contribution >= 0.6 is 0 Å². The van der Waals surface area contributed by atoms with Crippen LogP contribution in [0.15, 0.2) is 36.7 Å². The zero-order valence-corrected chi connectivity index (χ0v) is 19.8. The number of benzene rings is 1. The van der Waals surface area contributed by atoms with E-state index in [1.54, 1.807) is 22.0 Å². The first-order chi connectivity index (χ1) is 15.4. The predicted molar refractivity (Wildman–Crippen MR) is 125 cm³/mol. The predicted octanol–water partition coefficient (Wildman–Crippen LogP) is 4.00. The number of hydrogen-bond acceptors (Lipinski definition) is 4. The molecule has 0 saturated carbocycles. The summed E-state index contributed by atoms with van der Waals surface area (Å²) in [6.45, 7) is 6.06. The largest absolute Gasteiger partial charge is 0.491 e. The third kappa shape index (κ3) is 6.11. The normalized spacial score (nSPS) is 18.8. The maximum absolute atomic E-state index is 13.4. The highest BCUT2D eigenvalue weighted by Gasteiger charge is 2.28. The molecule has 1 aromatic carbocycles. The SMILES string of the molecule is CC(C)C[C@H]1COc2ccccc2C(=O)N(C)CCCCCCN1C(=O)c1cnn(C)c1. The second kappa shape index (κ2) is 11.2. The van der Waals surface area contributed by atoms with Gasteiger partial charge >= 0.3 is 0 Å². The van der Waals surface area contributed by atoms with Gasteiger partial charge in [0.25, 0.3) is 11.8 Å². The maximum Gasteiger partial charge on any atom is 0.257 e. The number of rotatable bonds is 3. The van der Waals surface area contributed by atoms with Crippen LogP contribution in [0.5, 0.6) is 5.75 Å². The molecule has 1 aliphatic heterocycles. The van der Waals surface area contributed by atoms with Crippen LogP contribution in [0.2, 0.25) is 0 Å². The first-order valence-corrected chi connectivity index (χ1v) is 11.6. The van der Waals surface area contributed by atoms with Gasteiger partial charge < -0.3 is 14.5 Å². The van der Waals surface area contributed by atoms with Crippen LogP contribution in [0.3, 0.4) is 0 Å². The fourth-order valence-corrected chi connectivity index (χ4v) is 4.22. The van der Waals surface area contributed by atoms with Crippen LogP contribution in [-0.4, -0.2) is 64.2 Å². The molecule has 1 aliphatic rings. The summed E-state index contributed by atoms with van der Waals surface area (Å²) in [4.78, 5) is 30.2. The Bertz CT molecular complexity index is 908. The van der Waals surface area contributed by atoms with Crippen molar-refractivity contribution in [3.05, 3.63) is 47.8 Å². The molecule has 1 atom stereocenters. The standard InChI is InChI=1S/C25H36N4O3/c1-19(2)15-21-18-32-23-12-8-7-11-22(23)25(31)27(3)13-9-5-6-10-14-29(21)24(30)20-16-26-28(4)17-20/h7-8,11-12,16-17,19,21H,5-6,9-10,13-15,18H2,1-4H3/t21-/m0/s1. The average Bonchev–Trinajstić information content (AvgIpc) is 3.21. The number of carbonyl (C=O) groups is 2. The summed E-state index contributed by atoms with van der Waals surface area (Å²) < 4.78 is 7.88. The van der Waals surface area contributed by atoms with Crippen LogP contribution in [0, 0.1) is 5.92 Å². The molecule has 0 unspecified atom stereocenters. The summed E-state index contributed by atoms with van der Waals surface area (Å²) in [6, 6.07) is 7.31. The first-order valence-electron chi connectivity index (χ1n) is 11.6. The summed E-state index contributed by atoms with van der Waals surface area (Å²) in [5.41, 5.74) is 1.17. The van der Waals surface area contributed by atoms with E-state index >= 15 is 0 Å². The van der Waals surface area contributed by atoms with E-state index in [4.69, 9.17) is 4.74 Å². The molecule has 2 aromatic rings. The van der Waals surface area contributed by atoms with E-state index in [0.29, 0.717) is 42.5 Å². The molecule has 0 saturated heterocycles. The molecule has 0 radical (unpaired) electrons. The minimum absolute atomic E-state index is 0.0106. The van der Waals surface area contributed by atoms with E-state index in [1.165, 1.54) is 0 Å². The molecule has 2 heterocycles. The zero-order valence-electron chi connectivity index (χ0n) is 19.8. The smallest absolute Gasteiger partial charge is 0.257 e. The molecule has 7 nitrogen and oxygen atoms in total. The number of nitrogens with zero attached hydrogens (tertiary/aromatic N) is 4. The molecule has 0 bridgehead atoms. The van der Waals surface area contributed by atoms with Crippen molar-refractivity contribution >= 4 is 11.8 Å². The van der Waals surface area contributed by atoms with Gasteiger partial charge in [0.1, 0.15) is 12.4 Å². The van der Waals surface area contributed by atoms with Crippen LogP contribution in [0.25, 0.3) is 0 Å². The number of hydrogen-bond donors (Lipinski definition) is 0. The van der Waals surface area contributed by atoms with E-state index in [-0.39, 0.29) is 17.9 Å². The molecule has 2 amide bonds. The third-order valence-corrected chi connectivity index (χ3v) is 5.93. The second-order valence-electron chi connectivity index (χ2n) is 9.13. The Morgan fingerprint density at radius 3 is 2.53 bits per heavy atom. The highest BCUT2D eigenvalue weighted by molar-refractivity contribution is 5.96. The van der Waals surface area contributed by atoms with Crippen molar-refractivity contribution < 1.29 is 14.3 Å². The maximum atomic E-state index is 13.4. The molecule has 32 heavy (non-hydrogen) atoms. The summed E-state index contributed by atoms with van der Waals surface area (Å²) in [6.07, 6.45) is 8.13. The van der Waals surface area contributed by atoms with Crippen molar-refractivity contribution in [1.29, 1.82) is 0 Å². The fraction of sp³-hybridized carbons (Fsp3) is 0.560. The minimum atomic E-state index is -0.0912. The lowest BCUT2D eigenvalue weighted by Gasteiger charge is -2.33. The van der Waals surface area contributed by atoms with Crippen molar-refractivity contribution in [3.63, 3.8) is 0 Å². The van der Waals surface area contributed by atoms with Gasteiger partial charge in [-0.3, -0.25) is 14.3 Å². The number of amides is 2. The van der Waals surface area contributed by atoms with Crippen molar-refractivity contribution in [2.45, 2.75) is 52.0 Å². The van der Waals surface area contributed by atoms with Crippen LogP contribution < -0.4 is 4.74 Å². The number of aromatic nitrogens is 2. The van der Waals surface area contributed by atoms with Gasteiger partial charge in [0.05, 0.1) is 23.4 Å².